The van der Waals surface area contributed by atoms with E-state index in [0.29, 0.717) is 12.5 Å². The van der Waals surface area contributed by atoms with Gasteiger partial charge in [-0.05, 0) is 0 Å². The first-order valence-electron chi connectivity index (χ1n) is 5.38. The molecule has 0 fully saturated rings. The average Bonchev–Trinajstić information content (AvgIpc) is 2.40. The summed E-state index contributed by atoms with van der Waals surface area (Å²) >= 11 is 0. The van der Waals surface area contributed by atoms with Crippen LogP contribution in [0.5, 0.6) is 0 Å². The van der Waals surface area contributed by atoms with Crippen molar-refractivity contribution >= 4 is 5.95 Å². The molecule has 0 aliphatic carbocycles. The molecule has 5 heteroatoms. The van der Waals surface area contributed by atoms with Gasteiger partial charge >= 0.3 is 0 Å². The van der Waals surface area contributed by atoms with Gasteiger partial charge in [0.25, 0.3) is 0 Å². The SMILES string of the molecule is CN(CCO)c1nncc(-c2ccccc2)n1. The minimum Gasteiger partial charge on any atom is -0.395 e. The molecule has 0 atom stereocenters. The summed E-state index contributed by atoms with van der Waals surface area (Å²) < 4.78 is 0. The van der Waals surface area contributed by atoms with Crippen LogP contribution in [0, 0.1) is 0 Å². The van der Waals surface area contributed by atoms with Gasteiger partial charge in [-0.3, -0.25) is 0 Å². The number of rotatable bonds is 4. The van der Waals surface area contributed by atoms with Crippen molar-refractivity contribution in [1.29, 1.82) is 0 Å². The zero-order chi connectivity index (χ0) is 12.1. The first-order chi connectivity index (χ1) is 8.31. The third-order valence-electron chi connectivity index (χ3n) is 2.39. The van der Waals surface area contributed by atoms with Gasteiger partial charge in [0.15, 0.2) is 0 Å². The smallest absolute Gasteiger partial charge is 0.245 e. The fraction of sp³-hybridized carbons (Fsp3) is 0.250. The molecule has 2 aromatic rings. The summed E-state index contributed by atoms with van der Waals surface area (Å²) in [5, 5.41) is 16.7. The molecule has 17 heavy (non-hydrogen) atoms. The average molecular weight is 230 g/mol. The lowest BCUT2D eigenvalue weighted by Crippen LogP contribution is -2.23. The summed E-state index contributed by atoms with van der Waals surface area (Å²) in [6.45, 7) is 0.551. The highest BCUT2D eigenvalue weighted by Gasteiger charge is 2.06. The standard InChI is InChI=1S/C12H14N4O/c1-16(7-8-17)12-14-11(9-13-15-12)10-5-3-2-4-6-10/h2-6,9,17H,7-8H2,1H3. The Balaban J connectivity index is 2.29. The van der Waals surface area contributed by atoms with E-state index in [1.165, 1.54) is 0 Å². The second-order valence-corrected chi connectivity index (χ2v) is 3.65. The van der Waals surface area contributed by atoms with Crippen LogP contribution in [0.3, 0.4) is 0 Å². The predicted octanol–water partition coefficient (Wildman–Crippen LogP) is 0.967. The van der Waals surface area contributed by atoms with Crippen LogP contribution in [0.1, 0.15) is 0 Å². The fourth-order valence-corrected chi connectivity index (χ4v) is 1.45. The molecule has 0 radical (unpaired) electrons. The summed E-state index contributed by atoms with van der Waals surface area (Å²) in [6.07, 6.45) is 1.63. The highest BCUT2D eigenvalue weighted by molar-refractivity contribution is 5.58. The normalized spacial score (nSPS) is 10.2. The van der Waals surface area contributed by atoms with E-state index in [-0.39, 0.29) is 6.61 Å². The molecule has 0 amide bonds. The third kappa shape index (κ3) is 2.76. The van der Waals surface area contributed by atoms with E-state index in [9.17, 15) is 0 Å². The van der Waals surface area contributed by atoms with Crippen molar-refractivity contribution in [1.82, 2.24) is 15.2 Å². The van der Waals surface area contributed by atoms with Crippen molar-refractivity contribution < 1.29 is 5.11 Å². The van der Waals surface area contributed by atoms with Crippen LogP contribution >= 0.6 is 0 Å². The monoisotopic (exact) mass is 230 g/mol. The summed E-state index contributed by atoms with van der Waals surface area (Å²) in [4.78, 5) is 6.17. The van der Waals surface area contributed by atoms with Crippen molar-refractivity contribution in [2.24, 2.45) is 0 Å². The van der Waals surface area contributed by atoms with E-state index in [2.05, 4.69) is 15.2 Å². The second-order valence-electron chi connectivity index (χ2n) is 3.65. The first-order valence-corrected chi connectivity index (χ1v) is 5.38. The molecule has 1 N–H and O–H groups in total. The number of aliphatic hydroxyl groups is 1. The van der Waals surface area contributed by atoms with Crippen LogP contribution in [-0.4, -0.2) is 40.5 Å². The van der Waals surface area contributed by atoms with Crippen molar-refractivity contribution in [2.75, 3.05) is 25.1 Å². The zero-order valence-electron chi connectivity index (χ0n) is 9.61. The van der Waals surface area contributed by atoms with E-state index in [4.69, 9.17) is 5.11 Å². The van der Waals surface area contributed by atoms with Crippen LogP contribution in [0.4, 0.5) is 5.95 Å². The molecular formula is C12H14N4O. The van der Waals surface area contributed by atoms with Gasteiger partial charge in [-0.2, -0.15) is 5.10 Å². The predicted molar refractivity (Wildman–Crippen MR) is 65.6 cm³/mol. The van der Waals surface area contributed by atoms with Gasteiger partial charge < -0.3 is 10.0 Å². The Hall–Kier alpha value is -2.01. The van der Waals surface area contributed by atoms with E-state index < -0.39 is 0 Å². The Labute approximate surface area is 99.8 Å². The Morgan fingerprint density at radius 2 is 2.00 bits per heavy atom. The van der Waals surface area contributed by atoms with Gasteiger partial charge in [-0.1, -0.05) is 30.3 Å². The molecule has 2 rings (SSSR count). The Morgan fingerprint density at radius 3 is 2.71 bits per heavy atom. The molecule has 88 valence electrons. The number of nitrogens with zero attached hydrogens (tertiary/aromatic N) is 4. The van der Waals surface area contributed by atoms with E-state index in [0.717, 1.165) is 11.3 Å². The molecule has 5 nitrogen and oxygen atoms in total. The second kappa shape index (κ2) is 5.36. The Kier molecular flexibility index (Phi) is 3.62. The quantitative estimate of drug-likeness (QED) is 0.848. The largest absolute Gasteiger partial charge is 0.395 e. The first kappa shape index (κ1) is 11.5. The van der Waals surface area contributed by atoms with E-state index in [1.54, 1.807) is 11.1 Å². The molecule has 0 saturated heterocycles. The Bertz CT molecular complexity index is 475. The molecule has 1 aromatic heterocycles. The number of aromatic nitrogens is 3. The summed E-state index contributed by atoms with van der Waals surface area (Å²) in [5.74, 6) is 0.514. The maximum Gasteiger partial charge on any atom is 0.245 e. The minimum atomic E-state index is 0.0649. The van der Waals surface area contributed by atoms with E-state index in [1.807, 2.05) is 37.4 Å². The highest BCUT2D eigenvalue weighted by Crippen LogP contribution is 2.16. The molecule has 0 aliphatic rings. The Morgan fingerprint density at radius 1 is 1.24 bits per heavy atom. The van der Waals surface area contributed by atoms with Crippen LogP contribution in [0.25, 0.3) is 11.3 Å². The fourth-order valence-electron chi connectivity index (χ4n) is 1.45. The summed E-state index contributed by atoms with van der Waals surface area (Å²) in [5.41, 5.74) is 1.78. The van der Waals surface area contributed by atoms with Crippen molar-refractivity contribution in [3.8, 4) is 11.3 Å². The van der Waals surface area contributed by atoms with Crippen LogP contribution in [-0.2, 0) is 0 Å². The third-order valence-corrected chi connectivity index (χ3v) is 2.39. The van der Waals surface area contributed by atoms with Crippen molar-refractivity contribution in [3.05, 3.63) is 36.5 Å². The molecule has 1 heterocycles. The molecule has 1 aromatic carbocycles. The number of hydrogen-bond donors (Lipinski definition) is 1. The lowest BCUT2D eigenvalue weighted by Gasteiger charge is -2.14. The highest BCUT2D eigenvalue weighted by atomic mass is 16.3. The van der Waals surface area contributed by atoms with Crippen molar-refractivity contribution in [2.45, 2.75) is 0 Å². The summed E-state index contributed by atoms with van der Waals surface area (Å²) in [7, 11) is 1.82. The molecule has 0 bridgehead atoms. The topological polar surface area (TPSA) is 62.1 Å². The molecule has 0 saturated carbocycles. The van der Waals surface area contributed by atoms with Gasteiger partial charge in [-0.15, -0.1) is 5.10 Å². The number of likely N-dealkylation sites (N-methyl/N-ethyl adjacent to an activating group) is 1. The number of aliphatic hydroxyl groups excluding tert-OH is 1. The van der Waals surface area contributed by atoms with Crippen LogP contribution < -0.4 is 4.90 Å². The lowest BCUT2D eigenvalue weighted by atomic mass is 10.2. The maximum absolute atomic E-state index is 8.87. The minimum absolute atomic E-state index is 0.0649. The maximum atomic E-state index is 8.87. The van der Waals surface area contributed by atoms with Gasteiger partial charge in [0, 0.05) is 19.2 Å². The molecule has 0 spiro atoms. The van der Waals surface area contributed by atoms with Gasteiger partial charge in [0.05, 0.1) is 18.5 Å². The van der Waals surface area contributed by atoms with Gasteiger partial charge in [0.2, 0.25) is 5.95 Å². The summed E-state index contributed by atoms with van der Waals surface area (Å²) in [6, 6.07) is 9.81. The molecule has 0 unspecified atom stereocenters. The van der Waals surface area contributed by atoms with Crippen LogP contribution in [0.2, 0.25) is 0 Å². The van der Waals surface area contributed by atoms with Crippen molar-refractivity contribution in [3.63, 3.8) is 0 Å². The number of hydrogen-bond acceptors (Lipinski definition) is 5. The van der Waals surface area contributed by atoms with Gasteiger partial charge in [-0.25, -0.2) is 4.98 Å². The van der Waals surface area contributed by atoms with E-state index >= 15 is 0 Å². The van der Waals surface area contributed by atoms with Gasteiger partial charge in [0.1, 0.15) is 0 Å². The molecular weight excluding hydrogens is 216 g/mol. The number of anilines is 1. The lowest BCUT2D eigenvalue weighted by molar-refractivity contribution is 0.303. The zero-order valence-corrected chi connectivity index (χ0v) is 9.61. The van der Waals surface area contributed by atoms with Crippen LogP contribution in [0.15, 0.2) is 36.5 Å². The number of benzene rings is 1. The molecule has 0 aliphatic heterocycles.